The van der Waals surface area contributed by atoms with Crippen LogP contribution in [0.2, 0.25) is 0 Å². The first kappa shape index (κ1) is 10.3. The predicted molar refractivity (Wildman–Crippen MR) is 57.0 cm³/mol. The van der Waals surface area contributed by atoms with Gasteiger partial charge in [0.2, 0.25) is 0 Å². The lowest BCUT2D eigenvalue weighted by molar-refractivity contribution is 0.386. The van der Waals surface area contributed by atoms with Gasteiger partial charge in [0.25, 0.3) is 0 Å². The van der Waals surface area contributed by atoms with Crippen molar-refractivity contribution in [2.45, 2.75) is 12.7 Å². The third-order valence-electron chi connectivity index (χ3n) is 2.03. The first-order chi connectivity index (χ1) is 6.24. The van der Waals surface area contributed by atoms with Crippen molar-refractivity contribution in [3.63, 3.8) is 0 Å². The highest BCUT2D eigenvalue weighted by atomic mass is 32.1. The summed E-state index contributed by atoms with van der Waals surface area (Å²) in [6.45, 7) is 1.98. The molecule has 1 aromatic rings. The van der Waals surface area contributed by atoms with Crippen molar-refractivity contribution in [3.8, 4) is 11.5 Å². The maximum Gasteiger partial charge on any atom is 0.129 e. The Kier molecular flexibility index (Phi) is 3.48. The molecule has 0 amide bonds. The molecule has 0 aromatic heterocycles. The van der Waals surface area contributed by atoms with Gasteiger partial charge in [-0.05, 0) is 13.0 Å². The molecule has 0 atom stereocenters. The molecule has 13 heavy (non-hydrogen) atoms. The third kappa shape index (κ3) is 1.91. The second kappa shape index (κ2) is 4.42. The zero-order valence-electron chi connectivity index (χ0n) is 8.13. The molecular formula is C10H14O2S. The van der Waals surface area contributed by atoms with Gasteiger partial charge in [-0.3, -0.25) is 0 Å². The monoisotopic (exact) mass is 198 g/mol. The lowest BCUT2D eigenvalue weighted by Gasteiger charge is -2.12. The van der Waals surface area contributed by atoms with Gasteiger partial charge in [-0.15, -0.1) is 0 Å². The van der Waals surface area contributed by atoms with E-state index < -0.39 is 0 Å². The fourth-order valence-corrected chi connectivity index (χ4v) is 1.61. The molecule has 0 aliphatic rings. The summed E-state index contributed by atoms with van der Waals surface area (Å²) in [5, 5.41) is 0. The van der Waals surface area contributed by atoms with Gasteiger partial charge in [0.1, 0.15) is 11.5 Å². The van der Waals surface area contributed by atoms with Crippen LogP contribution in [-0.2, 0) is 5.75 Å². The Morgan fingerprint density at radius 1 is 1.23 bits per heavy atom. The van der Waals surface area contributed by atoms with Crippen LogP contribution < -0.4 is 9.47 Å². The first-order valence-electron chi connectivity index (χ1n) is 4.06. The summed E-state index contributed by atoms with van der Waals surface area (Å²) in [6.07, 6.45) is 0. The number of ether oxygens (including phenoxy) is 2. The van der Waals surface area contributed by atoms with E-state index in [-0.39, 0.29) is 0 Å². The molecular weight excluding hydrogens is 184 g/mol. The van der Waals surface area contributed by atoms with Gasteiger partial charge in [-0.2, -0.15) is 12.6 Å². The Labute approximate surface area is 84.3 Å². The second-order valence-corrected chi connectivity index (χ2v) is 3.06. The number of rotatable bonds is 3. The van der Waals surface area contributed by atoms with Crippen molar-refractivity contribution in [2.75, 3.05) is 14.2 Å². The molecule has 0 N–H and O–H groups in total. The van der Waals surface area contributed by atoms with Crippen molar-refractivity contribution in [2.24, 2.45) is 0 Å². The largest absolute Gasteiger partial charge is 0.496 e. The van der Waals surface area contributed by atoms with Gasteiger partial charge in [-0.25, -0.2) is 0 Å². The van der Waals surface area contributed by atoms with Crippen LogP contribution in [0, 0.1) is 6.92 Å². The highest BCUT2D eigenvalue weighted by Gasteiger charge is 2.09. The van der Waals surface area contributed by atoms with Crippen LogP contribution in [0.3, 0.4) is 0 Å². The lowest BCUT2D eigenvalue weighted by Crippen LogP contribution is -1.95. The molecule has 0 saturated heterocycles. The standard InChI is InChI=1S/C10H14O2S/c1-7-9(11-2)5-4-8(6-13)10(7)12-3/h4-5,13H,6H2,1-3H3. The van der Waals surface area contributed by atoms with Crippen molar-refractivity contribution in [1.29, 1.82) is 0 Å². The van der Waals surface area contributed by atoms with Gasteiger partial charge >= 0.3 is 0 Å². The summed E-state index contributed by atoms with van der Waals surface area (Å²) < 4.78 is 10.5. The smallest absolute Gasteiger partial charge is 0.129 e. The van der Waals surface area contributed by atoms with E-state index >= 15 is 0 Å². The molecule has 0 aliphatic carbocycles. The molecule has 2 nitrogen and oxygen atoms in total. The van der Waals surface area contributed by atoms with E-state index in [0.717, 1.165) is 22.6 Å². The van der Waals surface area contributed by atoms with E-state index in [1.807, 2.05) is 19.1 Å². The van der Waals surface area contributed by atoms with Crippen LogP contribution in [0.4, 0.5) is 0 Å². The van der Waals surface area contributed by atoms with Gasteiger partial charge in [0.15, 0.2) is 0 Å². The van der Waals surface area contributed by atoms with Gasteiger partial charge in [-0.1, -0.05) is 6.07 Å². The van der Waals surface area contributed by atoms with E-state index in [9.17, 15) is 0 Å². The molecule has 0 spiro atoms. The van der Waals surface area contributed by atoms with Crippen LogP contribution >= 0.6 is 12.6 Å². The molecule has 0 aliphatic heterocycles. The summed E-state index contributed by atoms with van der Waals surface area (Å²) in [5.41, 5.74) is 2.11. The molecule has 0 unspecified atom stereocenters. The Balaban J connectivity index is 3.23. The van der Waals surface area contributed by atoms with Gasteiger partial charge in [0, 0.05) is 16.9 Å². The zero-order chi connectivity index (χ0) is 9.84. The Morgan fingerprint density at radius 2 is 1.92 bits per heavy atom. The number of thiol groups is 1. The SMILES string of the molecule is COc1ccc(CS)c(OC)c1C. The van der Waals surface area contributed by atoms with Crippen LogP contribution in [0.1, 0.15) is 11.1 Å². The fourth-order valence-electron chi connectivity index (χ4n) is 1.36. The van der Waals surface area contributed by atoms with E-state index in [2.05, 4.69) is 12.6 Å². The molecule has 1 aromatic carbocycles. The molecule has 0 bridgehead atoms. The summed E-state index contributed by atoms with van der Waals surface area (Å²) in [7, 11) is 3.32. The quantitative estimate of drug-likeness (QED) is 0.752. The fraction of sp³-hybridized carbons (Fsp3) is 0.400. The Morgan fingerprint density at radius 3 is 2.38 bits per heavy atom. The van der Waals surface area contributed by atoms with Gasteiger partial charge in [0.05, 0.1) is 14.2 Å². The van der Waals surface area contributed by atoms with Crippen molar-refractivity contribution >= 4 is 12.6 Å². The Hall–Kier alpha value is -0.830. The molecule has 0 heterocycles. The second-order valence-electron chi connectivity index (χ2n) is 2.74. The maximum atomic E-state index is 5.28. The average molecular weight is 198 g/mol. The summed E-state index contributed by atoms with van der Waals surface area (Å²) in [6, 6.07) is 3.90. The van der Waals surface area contributed by atoms with E-state index in [1.165, 1.54) is 0 Å². The minimum absolute atomic E-state index is 0.675. The predicted octanol–water partition coefficient (Wildman–Crippen LogP) is 2.44. The lowest BCUT2D eigenvalue weighted by atomic mass is 10.1. The molecule has 0 saturated carbocycles. The topological polar surface area (TPSA) is 18.5 Å². The van der Waals surface area contributed by atoms with Crippen molar-refractivity contribution < 1.29 is 9.47 Å². The summed E-state index contributed by atoms with van der Waals surface area (Å²) >= 11 is 4.22. The van der Waals surface area contributed by atoms with Gasteiger partial charge < -0.3 is 9.47 Å². The van der Waals surface area contributed by atoms with Crippen LogP contribution in [0.5, 0.6) is 11.5 Å². The minimum atomic E-state index is 0.675. The Bertz CT molecular complexity index is 297. The van der Waals surface area contributed by atoms with Crippen molar-refractivity contribution in [3.05, 3.63) is 23.3 Å². The normalized spacial score (nSPS) is 9.85. The van der Waals surface area contributed by atoms with Crippen LogP contribution in [0.15, 0.2) is 12.1 Å². The third-order valence-corrected chi connectivity index (χ3v) is 2.37. The van der Waals surface area contributed by atoms with E-state index in [1.54, 1.807) is 14.2 Å². The zero-order valence-corrected chi connectivity index (χ0v) is 9.02. The average Bonchev–Trinajstić information content (AvgIpc) is 2.17. The molecule has 0 radical (unpaired) electrons. The number of benzene rings is 1. The number of hydrogen-bond acceptors (Lipinski definition) is 3. The van der Waals surface area contributed by atoms with E-state index in [0.29, 0.717) is 5.75 Å². The van der Waals surface area contributed by atoms with Crippen LogP contribution in [-0.4, -0.2) is 14.2 Å². The molecule has 0 fully saturated rings. The number of methoxy groups -OCH3 is 2. The van der Waals surface area contributed by atoms with E-state index in [4.69, 9.17) is 9.47 Å². The first-order valence-corrected chi connectivity index (χ1v) is 4.69. The summed E-state index contributed by atoms with van der Waals surface area (Å²) in [5.74, 6) is 2.39. The maximum absolute atomic E-state index is 5.28. The minimum Gasteiger partial charge on any atom is -0.496 e. The molecule has 72 valence electrons. The highest BCUT2D eigenvalue weighted by Crippen LogP contribution is 2.31. The molecule has 1 rings (SSSR count). The molecule has 3 heteroatoms. The number of hydrogen-bond donors (Lipinski definition) is 1. The summed E-state index contributed by atoms with van der Waals surface area (Å²) in [4.78, 5) is 0. The highest BCUT2D eigenvalue weighted by molar-refractivity contribution is 7.79. The van der Waals surface area contributed by atoms with Crippen LogP contribution in [0.25, 0.3) is 0 Å². The van der Waals surface area contributed by atoms with Crippen molar-refractivity contribution in [1.82, 2.24) is 0 Å².